The highest BCUT2D eigenvalue weighted by Gasteiger charge is 2.25. The maximum Gasteiger partial charge on any atom is 0.0967 e. The first-order valence-corrected chi connectivity index (χ1v) is 8.78. The number of aliphatic imine (C=N–C) groups is 1. The Kier molecular flexibility index (Phi) is 5.31. The van der Waals surface area contributed by atoms with Crippen molar-refractivity contribution in [2.75, 3.05) is 6.54 Å². The van der Waals surface area contributed by atoms with Crippen LogP contribution in [0.25, 0.3) is 0 Å². The third-order valence-corrected chi connectivity index (χ3v) is 4.98. The molecule has 2 heteroatoms. The van der Waals surface area contributed by atoms with Gasteiger partial charge in [0, 0.05) is 13.0 Å². The lowest BCUT2D eigenvalue weighted by Crippen LogP contribution is -2.34. The summed E-state index contributed by atoms with van der Waals surface area (Å²) in [7, 11) is 0. The zero-order valence-electron chi connectivity index (χ0n) is 13.1. The van der Waals surface area contributed by atoms with Crippen LogP contribution in [0, 0.1) is 5.92 Å². The molecule has 21 heavy (non-hydrogen) atoms. The minimum Gasteiger partial charge on any atom is -0.367 e. The van der Waals surface area contributed by atoms with Crippen molar-refractivity contribution in [1.29, 1.82) is 0 Å². The molecule has 1 aromatic rings. The summed E-state index contributed by atoms with van der Waals surface area (Å²) >= 11 is 0. The van der Waals surface area contributed by atoms with Gasteiger partial charge in [-0.2, -0.15) is 0 Å². The van der Waals surface area contributed by atoms with Crippen LogP contribution < -0.4 is 5.32 Å². The number of nitrogens with zero attached hydrogens (tertiary/aromatic N) is 1. The van der Waals surface area contributed by atoms with Crippen LogP contribution in [0.15, 0.2) is 35.3 Å². The van der Waals surface area contributed by atoms with E-state index in [0.29, 0.717) is 6.04 Å². The van der Waals surface area contributed by atoms with Crippen molar-refractivity contribution < 1.29 is 0 Å². The Morgan fingerprint density at radius 2 is 1.67 bits per heavy atom. The summed E-state index contributed by atoms with van der Waals surface area (Å²) in [6, 6.07) is 11.5. The quantitative estimate of drug-likeness (QED) is 0.841. The summed E-state index contributed by atoms with van der Waals surface area (Å²) in [5.74, 6) is 2.03. The maximum absolute atomic E-state index is 4.79. The predicted octanol–water partition coefficient (Wildman–Crippen LogP) is 4.87. The molecule has 1 unspecified atom stereocenters. The summed E-state index contributed by atoms with van der Waals surface area (Å²) in [6.07, 6.45) is 11.9. The van der Waals surface area contributed by atoms with E-state index in [1.54, 1.807) is 0 Å². The second-order valence-corrected chi connectivity index (χ2v) is 6.57. The number of hydrogen-bond acceptors (Lipinski definition) is 2. The van der Waals surface area contributed by atoms with Crippen molar-refractivity contribution in [1.82, 2.24) is 5.32 Å². The highest BCUT2D eigenvalue weighted by molar-refractivity contribution is 5.82. The maximum atomic E-state index is 4.79. The Labute approximate surface area is 129 Å². The van der Waals surface area contributed by atoms with Crippen LogP contribution in [-0.2, 0) is 0 Å². The van der Waals surface area contributed by atoms with Gasteiger partial charge in [-0.3, -0.25) is 4.99 Å². The van der Waals surface area contributed by atoms with Crippen molar-refractivity contribution in [3.8, 4) is 0 Å². The molecule has 1 N–H and O–H groups in total. The van der Waals surface area contributed by atoms with Gasteiger partial charge in [-0.25, -0.2) is 0 Å². The van der Waals surface area contributed by atoms with Gasteiger partial charge in [0.2, 0.25) is 0 Å². The molecule has 1 aromatic carbocycles. The van der Waals surface area contributed by atoms with Gasteiger partial charge in [0.1, 0.15) is 0 Å². The zero-order chi connectivity index (χ0) is 14.3. The molecule has 1 aliphatic carbocycles. The van der Waals surface area contributed by atoms with Crippen LogP contribution in [0.2, 0.25) is 0 Å². The SMILES string of the molecule is c1ccc(C(NC2=NCCCCC2)C2CCCCC2)cc1. The van der Waals surface area contributed by atoms with Crippen molar-refractivity contribution in [2.24, 2.45) is 10.9 Å². The van der Waals surface area contributed by atoms with E-state index in [2.05, 4.69) is 35.6 Å². The van der Waals surface area contributed by atoms with Crippen molar-refractivity contribution in [3.05, 3.63) is 35.9 Å². The van der Waals surface area contributed by atoms with Crippen LogP contribution in [0.4, 0.5) is 0 Å². The Hall–Kier alpha value is -1.31. The topological polar surface area (TPSA) is 24.4 Å². The highest BCUT2D eigenvalue weighted by Crippen LogP contribution is 2.34. The van der Waals surface area contributed by atoms with Gasteiger partial charge in [-0.15, -0.1) is 0 Å². The van der Waals surface area contributed by atoms with Gasteiger partial charge in [0.15, 0.2) is 0 Å². The Morgan fingerprint density at radius 3 is 2.48 bits per heavy atom. The summed E-state index contributed by atoms with van der Waals surface area (Å²) in [4.78, 5) is 4.79. The van der Waals surface area contributed by atoms with Gasteiger partial charge >= 0.3 is 0 Å². The number of benzene rings is 1. The molecule has 0 aromatic heterocycles. The molecule has 1 atom stereocenters. The van der Waals surface area contributed by atoms with Crippen LogP contribution in [0.1, 0.15) is 69.4 Å². The van der Waals surface area contributed by atoms with E-state index in [1.807, 2.05) is 0 Å². The van der Waals surface area contributed by atoms with Crippen molar-refractivity contribution in [3.63, 3.8) is 0 Å². The number of rotatable bonds is 3. The summed E-state index contributed by atoms with van der Waals surface area (Å²) in [5, 5.41) is 3.83. The third-order valence-electron chi connectivity index (χ3n) is 4.98. The molecule has 2 aliphatic rings. The molecular formula is C19H28N2. The first kappa shape index (κ1) is 14.6. The van der Waals surface area contributed by atoms with E-state index in [1.165, 1.54) is 62.8 Å². The molecule has 1 aliphatic heterocycles. The van der Waals surface area contributed by atoms with Crippen LogP contribution in [0.3, 0.4) is 0 Å². The fraction of sp³-hybridized carbons (Fsp3) is 0.632. The van der Waals surface area contributed by atoms with Crippen LogP contribution in [0.5, 0.6) is 0 Å². The Balaban J connectivity index is 1.76. The minimum absolute atomic E-state index is 0.461. The molecule has 114 valence electrons. The second-order valence-electron chi connectivity index (χ2n) is 6.57. The molecule has 0 bridgehead atoms. The molecule has 1 saturated carbocycles. The molecule has 0 amide bonds. The molecule has 3 rings (SSSR count). The average Bonchev–Trinajstić information content (AvgIpc) is 2.83. The van der Waals surface area contributed by atoms with Gasteiger partial charge < -0.3 is 5.32 Å². The zero-order valence-corrected chi connectivity index (χ0v) is 13.1. The summed E-state index contributed by atoms with van der Waals surface area (Å²) in [5.41, 5.74) is 1.44. The fourth-order valence-electron chi connectivity index (χ4n) is 3.77. The number of amidine groups is 1. The van der Waals surface area contributed by atoms with E-state index in [0.717, 1.165) is 18.9 Å². The lowest BCUT2D eigenvalue weighted by atomic mass is 9.81. The molecule has 1 fully saturated rings. The molecule has 0 saturated heterocycles. The van der Waals surface area contributed by atoms with Crippen molar-refractivity contribution in [2.45, 2.75) is 63.8 Å². The van der Waals surface area contributed by atoms with E-state index >= 15 is 0 Å². The largest absolute Gasteiger partial charge is 0.367 e. The van der Waals surface area contributed by atoms with E-state index < -0.39 is 0 Å². The number of hydrogen-bond donors (Lipinski definition) is 1. The first-order valence-electron chi connectivity index (χ1n) is 8.78. The second kappa shape index (κ2) is 7.63. The molecule has 2 nitrogen and oxygen atoms in total. The lowest BCUT2D eigenvalue weighted by molar-refractivity contribution is 0.291. The van der Waals surface area contributed by atoms with E-state index in [-0.39, 0.29) is 0 Å². The van der Waals surface area contributed by atoms with E-state index in [4.69, 9.17) is 4.99 Å². The van der Waals surface area contributed by atoms with Gasteiger partial charge in [0.05, 0.1) is 11.9 Å². The monoisotopic (exact) mass is 284 g/mol. The Morgan fingerprint density at radius 1 is 0.905 bits per heavy atom. The number of nitrogens with one attached hydrogen (secondary N) is 1. The smallest absolute Gasteiger partial charge is 0.0967 e. The minimum atomic E-state index is 0.461. The van der Waals surface area contributed by atoms with Crippen molar-refractivity contribution >= 4 is 5.84 Å². The summed E-state index contributed by atoms with van der Waals surface area (Å²) in [6.45, 7) is 1.01. The lowest BCUT2D eigenvalue weighted by Gasteiger charge is -2.32. The van der Waals surface area contributed by atoms with Gasteiger partial charge in [-0.1, -0.05) is 56.0 Å². The van der Waals surface area contributed by atoms with Gasteiger partial charge in [-0.05, 0) is 37.2 Å². The molecular weight excluding hydrogens is 256 g/mol. The van der Waals surface area contributed by atoms with Crippen LogP contribution in [-0.4, -0.2) is 12.4 Å². The third kappa shape index (κ3) is 4.09. The average molecular weight is 284 g/mol. The van der Waals surface area contributed by atoms with E-state index in [9.17, 15) is 0 Å². The summed E-state index contributed by atoms with van der Waals surface area (Å²) < 4.78 is 0. The standard InChI is InChI=1S/C19H28N2/c1-4-10-16(11-5-1)19(17-12-6-2-7-13-17)21-18-14-8-3-9-15-20-18/h1,4-5,10-11,17,19H,2-3,6-9,12-15H2,(H,20,21). The Bertz CT molecular complexity index is 446. The first-order chi connectivity index (χ1) is 10.4. The molecule has 1 heterocycles. The van der Waals surface area contributed by atoms with Crippen LogP contribution >= 0.6 is 0 Å². The van der Waals surface area contributed by atoms with Gasteiger partial charge in [0.25, 0.3) is 0 Å². The normalized spacial score (nSPS) is 22.2. The molecule has 0 spiro atoms. The fourth-order valence-corrected chi connectivity index (χ4v) is 3.77. The molecule has 0 radical (unpaired) electrons. The highest BCUT2D eigenvalue weighted by atomic mass is 15.0. The predicted molar refractivity (Wildman–Crippen MR) is 89.7 cm³/mol.